The summed E-state index contributed by atoms with van der Waals surface area (Å²) in [4.78, 5) is 0. The maximum absolute atomic E-state index is 12.8. The number of likely N-dealkylation sites (N-methyl/N-ethyl adjacent to an activating group) is 1. The van der Waals surface area contributed by atoms with Gasteiger partial charge in [0.2, 0.25) is 0 Å². The van der Waals surface area contributed by atoms with Crippen molar-refractivity contribution in [1.29, 1.82) is 0 Å². The Morgan fingerprint density at radius 1 is 1.25 bits per heavy atom. The Morgan fingerprint density at radius 2 is 2.05 bits per heavy atom. The number of nitrogens with one attached hydrogen (secondary N) is 1. The average Bonchev–Trinajstić information content (AvgIpc) is 2.89. The van der Waals surface area contributed by atoms with E-state index >= 15 is 0 Å². The van der Waals surface area contributed by atoms with E-state index in [0.29, 0.717) is 32.2 Å². The van der Waals surface area contributed by atoms with Gasteiger partial charge in [0.25, 0.3) is 10.2 Å². The minimum atomic E-state index is -3.31. The number of hydrogen-bond acceptors (Lipinski definition) is 4. The zero-order valence-corrected chi connectivity index (χ0v) is 13.4. The molecule has 0 aromatic rings. The van der Waals surface area contributed by atoms with Crippen molar-refractivity contribution in [3.8, 4) is 0 Å². The summed E-state index contributed by atoms with van der Waals surface area (Å²) in [5.41, 5.74) is 0. The molecule has 2 fully saturated rings. The summed E-state index contributed by atoms with van der Waals surface area (Å²) in [5.74, 6) is 0.335. The Balaban J connectivity index is 2.04. The largest absolute Gasteiger partial charge is 0.384 e. The highest BCUT2D eigenvalue weighted by molar-refractivity contribution is 7.86. The van der Waals surface area contributed by atoms with Crippen molar-refractivity contribution in [3.63, 3.8) is 0 Å². The van der Waals surface area contributed by atoms with E-state index in [2.05, 4.69) is 5.32 Å². The van der Waals surface area contributed by atoms with E-state index in [1.165, 1.54) is 0 Å². The van der Waals surface area contributed by atoms with E-state index in [4.69, 9.17) is 4.74 Å². The van der Waals surface area contributed by atoms with E-state index in [1.807, 2.05) is 7.05 Å². The average molecular weight is 305 g/mol. The summed E-state index contributed by atoms with van der Waals surface area (Å²) in [7, 11) is 0.237. The molecule has 0 aliphatic carbocycles. The maximum atomic E-state index is 12.8. The SMILES string of the molecule is CNCC1CCCCN1S(=O)(=O)N1CCC(COC)C1. The highest BCUT2D eigenvalue weighted by Crippen LogP contribution is 2.26. The molecule has 7 heteroatoms. The van der Waals surface area contributed by atoms with Crippen LogP contribution in [-0.4, -0.2) is 70.0 Å². The lowest BCUT2D eigenvalue weighted by Crippen LogP contribution is -2.52. The van der Waals surface area contributed by atoms with Crippen molar-refractivity contribution in [2.24, 2.45) is 5.92 Å². The molecule has 2 rings (SSSR count). The molecule has 0 bridgehead atoms. The van der Waals surface area contributed by atoms with Gasteiger partial charge in [-0.3, -0.25) is 0 Å². The lowest BCUT2D eigenvalue weighted by atomic mass is 10.1. The first-order chi connectivity index (χ1) is 9.59. The summed E-state index contributed by atoms with van der Waals surface area (Å²) >= 11 is 0. The van der Waals surface area contributed by atoms with Crippen LogP contribution in [0.4, 0.5) is 0 Å². The topological polar surface area (TPSA) is 61.9 Å². The lowest BCUT2D eigenvalue weighted by molar-refractivity contribution is 0.156. The monoisotopic (exact) mass is 305 g/mol. The molecule has 2 saturated heterocycles. The third kappa shape index (κ3) is 3.51. The number of methoxy groups -OCH3 is 1. The molecule has 0 amide bonds. The van der Waals surface area contributed by atoms with Crippen LogP contribution in [0.15, 0.2) is 0 Å². The number of ether oxygens (including phenoxy) is 1. The first-order valence-electron chi connectivity index (χ1n) is 7.50. The van der Waals surface area contributed by atoms with Crippen LogP contribution < -0.4 is 5.32 Å². The minimum absolute atomic E-state index is 0.0974. The molecule has 118 valence electrons. The van der Waals surface area contributed by atoms with Crippen LogP contribution in [0.3, 0.4) is 0 Å². The Bertz CT molecular complexity index is 400. The molecule has 0 saturated carbocycles. The van der Waals surface area contributed by atoms with Crippen LogP contribution in [0.1, 0.15) is 25.7 Å². The minimum Gasteiger partial charge on any atom is -0.384 e. The maximum Gasteiger partial charge on any atom is 0.282 e. The fourth-order valence-electron chi connectivity index (χ4n) is 3.24. The number of piperidine rings is 1. The van der Waals surface area contributed by atoms with E-state index in [1.54, 1.807) is 15.7 Å². The summed E-state index contributed by atoms with van der Waals surface area (Å²) in [6.07, 6.45) is 3.94. The van der Waals surface area contributed by atoms with Crippen LogP contribution in [-0.2, 0) is 14.9 Å². The molecular formula is C13H27N3O3S. The van der Waals surface area contributed by atoms with Crippen LogP contribution >= 0.6 is 0 Å². The molecule has 2 aliphatic heterocycles. The van der Waals surface area contributed by atoms with Gasteiger partial charge in [-0.15, -0.1) is 0 Å². The van der Waals surface area contributed by atoms with E-state index in [9.17, 15) is 8.42 Å². The molecule has 0 aromatic carbocycles. The second-order valence-corrected chi connectivity index (χ2v) is 7.67. The normalized spacial score (nSPS) is 29.9. The molecule has 0 spiro atoms. The molecule has 2 atom stereocenters. The fraction of sp³-hybridized carbons (Fsp3) is 1.00. The molecule has 6 nitrogen and oxygen atoms in total. The standard InChI is InChI=1S/C13H27N3O3S/c1-14-9-13-5-3-4-7-16(13)20(17,18)15-8-6-12(10-15)11-19-2/h12-14H,3-11H2,1-2H3. The van der Waals surface area contributed by atoms with Crippen molar-refractivity contribution in [2.45, 2.75) is 31.7 Å². The highest BCUT2D eigenvalue weighted by atomic mass is 32.2. The second-order valence-electron chi connectivity index (χ2n) is 5.79. The Morgan fingerprint density at radius 3 is 2.75 bits per heavy atom. The van der Waals surface area contributed by atoms with Gasteiger partial charge >= 0.3 is 0 Å². The van der Waals surface area contributed by atoms with Gasteiger partial charge in [-0.25, -0.2) is 0 Å². The van der Waals surface area contributed by atoms with Crippen molar-refractivity contribution >= 4 is 10.2 Å². The third-order valence-electron chi connectivity index (χ3n) is 4.29. The first-order valence-corrected chi connectivity index (χ1v) is 8.89. The van der Waals surface area contributed by atoms with Gasteiger partial charge < -0.3 is 10.1 Å². The quantitative estimate of drug-likeness (QED) is 0.765. The fourth-order valence-corrected chi connectivity index (χ4v) is 5.19. The summed E-state index contributed by atoms with van der Waals surface area (Å²) < 4.78 is 34.1. The highest BCUT2D eigenvalue weighted by Gasteiger charge is 2.39. The van der Waals surface area contributed by atoms with E-state index in [0.717, 1.165) is 32.2 Å². The molecule has 0 radical (unpaired) electrons. The Labute approximate surface area is 122 Å². The third-order valence-corrected chi connectivity index (χ3v) is 6.34. The van der Waals surface area contributed by atoms with Gasteiger partial charge in [-0.2, -0.15) is 17.0 Å². The zero-order chi connectivity index (χ0) is 14.6. The second kappa shape index (κ2) is 7.17. The van der Waals surface area contributed by atoms with Crippen molar-refractivity contribution < 1.29 is 13.2 Å². The van der Waals surface area contributed by atoms with Crippen LogP contribution in [0.2, 0.25) is 0 Å². The Kier molecular flexibility index (Phi) is 5.80. The van der Waals surface area contributed by atoms with Gasteiger partial charge in [0.15, 0.2) is 0 Å². The molecule has 2 unspecified atom stereocenters. The molecule has 20 heavy (non-hydrogen) atoms. The molecule has 0 aromatic heterocycles. The van der Waals surface area contributed by atoms with Crippen molar-refractivity contribution in [1.82, 2.24) is 13.9 Å². The van der Waals surface area contributed by atoms with Gasteiger partial charge in [-0.05, 0) is 32.2 Å². The predicted molar refractivity (Wildman–Crippen MR) is 78.7 cm³/mol. The number of nitrogens with zero attached hydrogens (tertiary/aromatic N) is 2. The molecule has 2 aliphatic rings. The van der Waals surface area contributed by atoms with Gasteiger partial charge in [0, 0.05) is 39.3 Å². The van der Waals surface area contributed by atoms with E-state index in [-0.39, 0.29) is 6.04 Å². The number of hydrogen-bond donors (Lipinski definition) is 1. The van der Waals surface area contributed by atoms with E-state index < -0.39 is 10.2 Å². The van der Waals surface area contributed by atoms with Gasteiger partial charge in [0.1, 0.15) is 0 Å². The van der Waals surface area contributed by atoms with Crippen molar-refractivity contribution in [3.05, 3.63) is 0 Å². The smallest absolute Gasteiger partial charge is 0.282 e. The Hall–Kier alpha value is -0.210. The molecule has 2 heterocycles. The first kappa shape index (κ1) is 16.2. The summed E-state index contributed by atoms with van der Waals surface area (Å²) in [6.45, 7) is 3.25. The van der Waals surface area contributed by atoms with Crippen LogP contribution in [0, 0.1) is 5.92 Å². The molecular weight excluding hydrogens is 278 g/mol. The van der Waals surface area contributed by atoms with Crippen LogP contribution in [0.5, 0.6) is 0 Å². The number of rotatable bonds is 6. The lowest BCUT2D eigenvalue weighted by Gasteiger charge is -2.37. The zero-order valence-electron chi connectivity index (χ0n) is 12.5. The summed E-state index contributed by atoms with van der Waals surface area (Å²) in [5, 5.41) is 3.11. The van der Waals surface area contributed by atoms with Gasteiger partial charge in [0.05, 0.1) is 6.61 Å². The van der Waals surface area contributed by atoms with Crippen LogP contribution in [0.25, 0.3) is 0 Å². The molecule has 1 N–H and O–H groups in total. The van der Waals surface area contributed by atoms with Gasteiger partial charge in [-0.1, -0.05) is 6.42 Å². The van der Waals surface area contributed by atoms with Crippen molar-refractivity contribution in [2.75, 3.05) is 46.9 Å². The summed E-state index contributed by atoms with van der Waals surface area (Å²) in [6, 6.07) is 0.0974. The predicted octanol–water partition coefficient (Wildman–Crippen LogP) is 0.273.